The van der Waals surface area contributed by atoms with E-state index in [-0.39, 0.29) is 49.3 Å². The van der Waals surface area contributed by atoms with E-state index >= 15 is 0 Å². The zero-order chi connectivity index (χ0) is 29.9. The Morgan fingerprint density at radius 2 is 2.00 bits per heavy atom. The Hall–Kier alpha value is -3.98. The fourth-order valence-corrected chi connectivity index (χ4v) is 5.93. The first-order valence-electron chi connectivity index (χ1n) is 13.4. The number of carbonyl (C=O) groups excluding carboxylic acids is 2. The molecule has 1 amide bonds. The van der Waals surface area contributed by atoms with Gasteiger partial charge in [0.1, 0.15) is 11.3 Å². The summed E-state index contributed by atoms with van der Waals surface area (Å²) in [5, 5.41) is 21.9. The lowest BCUT2D eigenvalue weighted by Gasteiger charge is -2.41. The molecule has 218 valence electrons. The molecular formula is C28H33ClN6O6. The van der Waals surface area contributed by atoms with Crippen LogP contribution in [0.15, 0.2) is 24.3 Å². The zero-order valence-corrected chi connectivity index (χ0v) is 24.3. The number of amides is 1. The van der Waals surface area contributed by atoms with Crippen LogP contribution in [-0.2, 0) is 32.5 Å². The van der Waals surface area contributed by atoms with Crippen molar-refractivity contribution < 1.29 is 24.0 Å². The molecule has 1 aromatic carbocycles. The average Bonchev–Trinajstić information content (AvgIpc) is 2.91. The first kappa shape index (κ1) is 30.0. The minimum Gasteiger partial charge on any atom is -0.468 e. The Kier molecular flexibility index (Phi) is 8.68. The van der Waals surface area contributed by atoms with Crippen molar-refractivity contribution in [2.75, 3.05) is 31.6 Å². The molecule has 2 atom stereocenters. The van der Waals surface area contributed by atoms with E-state index in [1.165, 1.54) is 12.0 Å². The maximum atomic E-state index is 13.4. The molecule has 0 bridgehead atoms. The van der Waals surface area contributed by atoms with Crippen LogP contribution in [0.5, 0.6) is 0 Å². The highest BCUT2D eigenvalue weighted by molar-refractivity contribution is 6.28. The third-order valence-corrected chi connectivity index (χ3v) is 7.62. The molecule has 1 aromatic heterocycles. The van der Waals surface area contributed by atoms with Gasteiger partial charge < -0.3 is 19.3 Å². The topological polar surface area (TPSA) is 152 Å². The Morgan fingerprint density at radius 1 is 1.27 bits per heavy atom. The van der Waals surface area contributed by atoms with Gasteiger partial charge in [0.2, 0.25) is 11.1 Å². The highest BCUT2D eigenvalue weighted by Gasteiger charge is 2.47. The maximum absolute atomic E-state index is 13.4. The molecule has 1 aliphatic carbocycles. The van der Waals surface area contributed by atoms with Gasteiger partial charge in [-0.05, 0) is 62.8 Å². The highest BCUT2D eigenvalue weighted by Crippen LogP contribution is 2.44. The number of halogens is 1. The summed E-state index contributed by atoms with van der Waals surface area (Å²) in [6.45, 7) is 5.69. The number of esters is 1. The maximum Gasteiger partial charge on any atom is 0.410 e. The molecular weight excluding hydrogens is 552 g/mol. The Balaban J connectivity index is 1.78. The van der Waals surface area contributed by atoms with E-state index in [9.17, 15) is 25.0 Å². The van der Waals surface area contributed by atoms with Gasteiger partial charge in [0.25, 0.3) is 0 Å². The van der Waals surface area contributed by atoms with Gasteiger partial charge in [-0.3, -0.25) is 14.9 Å². The third-order valence-electron chi connectivity index (χ3n) is 7.45. The van der Waals surface area contributed by atoms with Crippen LogP contribution in [0.4, 0.5) is 16.3 Å². The molecule has 4 rings (SSSR count). The van der Waals surface area contributed by atoms with Gasteiger partial charge in [-0.25, -0.2) is 9.78 Å². The van der Waals surface area contributed by atoms with Crippen LogP contribution in [0.1, 0.15) is 56.9 Å². The number of ether oxygens (including phenoxy) is 2. The van der Waals surface area contributed by atoms with Crippen molar-refractivity contribution in [3.8, 4) is 6.07 Å². The molecule has 0 saturated carbocycles. The molecule has 1 aliphatic heterocycles. The lowest BCUT2D eigenvalue weighted by atomic mass is 9.67. The third kappa shape index (κ3) is 6.20. The minimum absolute atomic E-state index is 0.00242. The quantitative estimate of drug-likeness (QED) is 0.207. The van der Waals surface area contributed by atoms with E-state index < -0.39 is 39.7 Å². The molecule has 13 heteroatoms. The molecule has 1 fully saturated rings. The zero-order valence-electron chi connectivity index (χ0n) is 23.6. The number of methoxy groups -OCH3 is 1. The fourth-order valence-electron chi connectivity index (χ4n) is 5.75. The number of hydrogen-bond acceptors (Lipinski definition) is 10. The van der Waals surface area contributed by atoms with Crippen molar-refractivity contribution in [2.45, 2.75) is 69.9 Å². The molecule has 2 heterocycles. The first-order chi connectivity index (χ1) is 19.4. The van der Waals surface area contributed by atoms with Crippen molar-refractivity contribution >= 4 is 35.2 Å². The van der Waals surface area contributed by atoms with Gasteiger partial charge in [-0.2, -0.15) is 10.2 Å². The molecule has 0 radical (unpaired) electrons. The van der Waals surface area contributed by atoms with E-state index in [1.54, 1.807) is 25.7 Å². The average molecular weight is 585 g/mol. The second kappa shape index (κ2) is 11.9. The molecule has 41 heavy (non-hydrogen) atoms. The smallest absolute Gasteiger partial charge is 0.410 e. The van der Waals surface area contributed by atoms with Crippen molar-refractivity contribution in [3.63, 3.8) is 0 Å². The Morgan fingerprint density at radius 3 is 2.66 bits per heavy atom. The molecule has 12 nitrogen and oxygen atoms in total. The summed E-state index contributed by atoms with van der Waals surface area (Å²) in [6, 6.07) is 8.98. The van der Waals surface area contributed by atoms with Crippen molar-refractivity contribution in [3.05, 3.63) is 56.5 Å². The monoisotopic (exact) mass is 584 g/mol. The molecule has 1 saturated heterocycles. The molecule has 1 unspecified atom stereocenters. The van der Waals surface area contributed by atoms with Crippen LogP contribution in [0.2, 0.25) is 5.28 Å². The number of nitriles is 1. The van der Waals surface area contributed by atoms with Crippen LogP contribution in [-0.4, -0.2) is 70.2 Å². The second-order valence-corrected chi connectivity index (χ2v) is 11.6. The molecule has 0 N–H and O–H groups in total. The lowest BCUT2D eigenvalue weighted by molar-refractivity contribution is -0.385. The van der Waals surface area contributed by atoms with Gasteiger partial charge in [-0.15, -0.1) is 0 Å². The summed E-state index contributed by atoms with van der Waals surface area (Å²) in [6.07, 6.45) is 1.17. The summed E-state index contributed by atoms with van der Waals surface area (Å²) < 4.78 is 10.7. The number of aryl methyl sites for hydroxylation is 1. The molecule has 2 aromatic rings. The molecule has 2 aliphatic rings. The van der Waals surface area contributed by atoms with E-state index in [0.717, 1.165) is 17.5 Å². The van der Waals surface area contributed by atoms with Crippen LogP contribution in [0, 0.1) is 21.4 Å². The van der Waals surface area contributed by atoms with Crippen LogP contribution in [0.3, 0.4) is 0 Å². The Labute approximate surface area is 243 Å². The van der Waals surface area contributed by atoms with Crippen LogP contribution < -0.4 is 4.90 Å². The summed E-state index contributed by atoms with van der Waals surface area (Å²) in [4.78, 5) is 49.8. The largest absolute Gasteiger partial charge is 0.468 e. The predicted molar refractivity (Wildman–Crippen MR) is 150 cm³/mol. The number of fused-ring (bicyclic) bond motifs is 1. The highest BCUT2D eigenvalue weighted by atomic mass is 35.5. The number of hydrogen-bond donors (Lipinski definition) is 0. The number of carbonyl (C=O) groups is 2. The lowest BCUT2D eigenvalue weighted by Crippen LogP contribution is -2.56. The second-order valence-electron chi connectivity index (χ2n) is 11.3. The van der Waals surface area contributed by atoms with Crippen LogP contribution in [0.25, 0.3) is 0 Å². The number of aromatic nitrogens is 2. The number of piperazine rings is 1. The van der Waals surface area contributed by atoms with E-state index in [0.29, 0.717) is 12.8 Å². The Bertz CT molecular complexity index is 1390. The van der Waals surface area contributed by atoms with Gasteiger partial charge in [0, 0.05) is 26.1 Å². The van der Waals surface area contributed by atoms with Crippen LogP contribution >= 0.6 is 11.6 Å². The normalized spacial score (nSPS) is 20.5. The summed E-state index contributed by atoms with van der Waals surface area (Å²) >= 11 is 6.36. The first-order valence-corrected chi connectivity index (χ1v) is 13.8. The number of nitrogens with zero attached hydrogens (tertiary/aromatic N) is 6. The standard InChI is InChI=1S/C28H33ClN6O6/c1-27(2,3)41-26(37)33-14-15-34(19(17-33)11-13-30)23-22(35(38)39)21(31-25(29)32-23)16-28(24(36)40-4)12-7-9-18-8-5-6-10-20(18)28/h5-6,8,10,19H,7,9,11-12,14-17H2,1-4H3/t19-,28?/m0/s1. The van der Waals surface area contributed by atoms with E-state index in [1.807, 2.05) is 24.3 Å². The van der Waals surface area contributed by atoms with Gasteiger partial charge in [-0.1, -0.05) is 24.3 Å². The summed E-state index contributed by atoms with van der Waals surface area (Å²) in [7, 11) is 1.30. The minimum atomic E-state index is -1.20. The van der Waals surface area contributed by atoms with Gasteiger partial charge in [0.15, 0.2) is 0 Å². The number of benzene rings is 1. The van der Waals surface area contributed by atoms with Gasteiger partial charge >= 0.3 is 17.7 Å². The summed E-state index contributed by atoms with van der Waals surface area (Å²) in [5.41, 5.74) is -0.589. The summed E-state index contributed by atoms with van der Waals surface area (Å²) in [5.74, 6) is -0.568. The SMILES string of the molecule is COC(=O)C1(Cc2nc(Cl)nc(N3CCN(C(=O)OC(C)(C)C)C[C@@H]3CC#N)c2[N+](=O)[O-])CCCc2ccccc21. The van der Waals surface area contributed by atoms with Gasteiger partial charge in [0.05, 0.1) is 36.0 Å². The van der Waals surface area contributed by atoms with Crippen molar-refractivity contribution in [1.29, 1.82) is 5.26 Å². The number of anilines is 1. The van der Waals surface area contributed by atoms with E-state index in [4.69, 9.17) is 21.1 Å². The molecule has 0 spiro atoms. The van der Waals surface area contributed by atoms with Crippen molar-refractivity contribution in [1.82, 2.24) is 14.9 Å². The number of rotatable bonds is 6. The fraction of sp³-hybridized carbons (Fsp3) is 0.536. The number of nitro groups is 1. The van der Waals surface area contributed by atoms with E-state index in [2.05, 4.69) is 16.0 Å². The predicted octanol–water partition coefficient (Wildman–Crippen LogP) is 4.37. The van der Waals surface area contributed by atoms with Crippen molar-refractivity contribution in [2.24, 2.45) is 0 Å².